The highest BCUT2D eigenvalue weighted by Gasteiger charge is 2.11. The maximum absolute atomic E-state index is 9.48. The number of aryl methyl sites for hydroxylation is 2. The monoisotopic (exact) mass is 218 g/mol. The minimum Gasteiger partial charge on any atom is -0.389 e. The van der Waals surface area contributed by atoms with E-state index in [1.54, 1.807) is 19.3 Å². The van der Waals surface area contributed by atoms with E-state index in [1.165, 1.54) is 0 Å². The summed E-state index contributed by atoms with van der Waals surface area (Å²) in [5.74, 6) is 1.30. The van der Waals surface area contributed by atoms with Crippen molar-refractivity contribution in [2.75, 3.05) is 0 Å². The minimum absolute atomic E-state index is 0.546. The normalized spacial score (nSPS) is 12.8. The number of hydrogen-bond donors (Lipinski definition) is 1. The average molecular weight is 218 g/mol. The van der Waals surface area contributed by atoms with Gasteiger partial charge in [-0.05, 0) is 13.8 Å². The molecule has 0 saturated heterocycles. The molecular formula is C11H14N4O. The number of nitrogens with zero attached hydrogens (tertiary/aromatic N) is 4. The van der Waals surface area contributed by atoms with Crippen LogP contribution in [0.4, 0.5) is 0 Å². The average Bonchev–Trinajstić information content (AvgIpc) is 2.63. The summed E-state index contributed by atoms with van der Waals surface area (Å²) >= 11 is 0. The summed E-state index contributed by atoms with van der Waals surface area (Å²) in [6.07, 6.45) is 4.65. The van der Waals surface area contributed by atoms with Gasteiger partial charge in [0.15, 0.2) is 11.6 Å². The molecule has 0 aromatic carbocycles. The molecule has 0 spiro atoms. The van der Waals surface area contributed by atoms with Gasteiger partial charge in [-0.2, -0.15) is 0 Å². The van der Waals surface area contributed by atoms with Gasteiger partial charge in [-0.15, -0.1) is 0 Å². The van der Waals surface area contributed by atoms with E-state index in [9.17, 15) is 5.11 Å². The molecule has 2 heterocycles. The maximum Gasteiger partial charge on any atom is 0.196 e. The Balaban J connectivity index is 2.46. The van der Waals surface area contributed by atoms with E-state index in [-0.39, 0.29) is 0 Å². The molecule has 2 rings (SSSR count). The first-order valence-corrected chi connectivity index (χ1v) is 5.09. The topological polar surface area (TPSA) is 63.8 Å². The number of rotatable bonds is 2. The van der Waals surface area contributed by atoms with Gasteiger partial charge < -0.3 is 9.67 Å². The van der Waals surface area contributed by atoms with Crippen molar-refractivity contribution in [3.8, 4) is 11.6 Å². The highest BCUT2D eigenvalue weighted by molar-refractivity contribution is 5.44. The minimum atomic E-state index is -0.546. The van der Waals surface area contributed by atoms with Gasteiger partial charge in [-0.1, -0.05) is 0 Å². The molecule has 5 nitrogen and oxygen atoms in total. The summed E-state index contributed by atoms with van der Waals surface area (Å²) < 4.78 is 1.86. The van der Waals surface area contributed by atoms with Gasteiger partial charge in [0.05, 0.1) is 6.10 Å². The summed E-state index contributed by atoms with van der Waals surface area (Å²) in [5, 5.41) is 9.48. The van der Waals surface area contributed by atoms with E-state index in [4.69, 9.17) is 0 Å². The van der Waals surface area contributed by atoms with Crippen LogP contribution in [0.15, 0.2) is 18.6 Å². The Morgan fingerprint density at radius 3 is 2.62 bits per heavy atom. The largest absolute Gasteiger partial charge is 0.389 e. The number of imidazole rings is 1. The van der Waals surface area contributed by atoms with E-state index < -0.39 is 6.10 Å². The molecule has 0 unspecified atom stereocenters. The van der Waals surface area contributed by atoms with E-state index in [2.05, 4.69) is 15.0 Å². The SMILES string of the molecule is Cc1nc(-c2nccn2C)ncc1[C@@H](C)O. The van der Waals surface area contributed by atoms with Crippen LogP contribution < -0.4 is 0 Å². The third-order valence-corrected chi connectivity index (χ3v) is 2.49. The molecule has 16 heavy (non-hydrogen) atoms. The van der Waals surface area contributed by atoms with Crippen LogP contribution in [0.3, 0.4) is 0 Å². The molecule has 0 radical (unpaired) electrons. The molecule has 1 N–H and O–H groups in total. The van der Waals surface area contributed by atoms with Crippen LogP contribution in [0.25, 0.3) is 11.6 Å². The Morgan fingerprint density at radius 1 is 1.38 bits per heavy atom. The van der Waals surface area contributed by atoms with Gasteiger partial charge in [0.2, 0.25) is 0 Å². The first-order valence-electron chi connectivity index (χ1n) is 5.09. The molecular weight excluding hydrogens is 204 g/mol. The number of aliphatic hydroxyl groups excluding tert-OH is 1. The Kier molecular flexibility index (Phi) is 2.70. The van der Waals surface area contributed by atoms with Crippen molar-refractivity contribution in [2.45, 2.75) is 20.0 Å². The summed E-state index contributed by atoms with van der Waals surface area (Å²) in [4.78, 5) is 12.7. The first kappa shape index (κ1) is 10.8. The van der Waals surface area contributed by atoms with E-state index in [0.717, 1.165) is 17.1 Å². The molecule has 0 amide bonds. The fourth-order valence-corrected chi connectivity index (χ4v) is 1.58. The van der Waals surface area contributed by atoms with Crippen LogP contribution in [0.2, 0.25) is 0 Å². The molecule has 1 atom stereocenters. The van der Waals surface area contributed by atoms with E-state index in [0.29, 0.717) is 5.82 Å². The van der Waals surface area contributed by atoms with Gasteiger partial charge in [0.1, 0.15) is 0 Å². The van der Waals surface area contributed by atoms with Crippen LogP contribution in [0.1, 0.15) is 24.3 Å². The lowest BCUT2D eigenvalue weighted by atomic mass is 10.1. The highest BCUT2D eigenvalue weighted by atomic mass is 16.3. The molecule has 0 aliphatic heterocycles. The van der Waals surface area contributed by atoms with Crippen LogP contribution in [-0.4, -0.2) is 24.6 Å². The zero-order valence-corrected chi connectivity index (χ0v) is 9.55. The molecule has 0 fully saturated rings. The van der Waals surface area contributed by atoms with Crippen LogP contribution in [-0.2, 0) is 7.05 Å². The summed E-state index contributed by atoms with van der Waals surface area (Å²) in [6.45, 7) is 3.56. The zero-order chi connectivity index (χ0) is 11.7. The zero-order valence-electron chi connectivity index (χ0n) is 9.55. The standard InChI is InChI=1S/C11H14N4O/c1-7-9(8(2)16)6-13-10(14-7)11-12-4-5-15(11)3/h4-6,8,16H,1-3H3/t8-/m1/s1. The fourth-order valence-electron chi connectivity index (χ4n) is 1.58. The number of aromatic nitrogens is 4. The van der Waals surface area contributed by atoms with Crippen LogP contribution in [0, 0.1) is 6.92 Å². The molecule has 0 aliphatic carbocycles. The van der Waals surface area contributed by atoms with Crippen molar-refractivity contribution in [1.29, 1.82) is 0 Å². The van der Waals surface area contributed by atoms with Crippen LogP contribution >= 0.6 is 0 Å². The Labute approximate surface area is 93.8 Å². The molecule has 0 bridgehead atoms. The van der Waals surface area contributed by atoms with Crippen molar-refractivity contribution in [1.82, 2.24) is 19.5 Å². The Morgan fingerprint density at radius 2 is 2.12 bits per heavy atom. The lowest BCUT2D eigenvalue weighted by Gasteiger charge is -2.08. The van der Waals surface area contributed by atoms with Crippen molar-refractivity contribution >= 4 is 0 Å². The van der Waals surface area contributed by atoms with Gasteiger partial charge in [-0.3, -0.25) is 0 Å². The molecule has 84 valence electrons. The second-order valence-electron chi connectivity index (χ2n) is 3.77. The van der Waals surface area contributed by atoms with E-state index >= 15 is 0 Å². The molecule has 2 aromatic rings. The van der Waals surface area contributed by atoms with Gasteiger partial charge >= 0.3 is 0 Å². The predicted octanol–water partition coefficient (Wildman–Crippen LogP) is 1.24. The van der Waals surface area contributed by atoms with Crippen molar-refractivity contribution in [2.24, 2.45) is 7.05 Å². The number of hydrogen-bond acceptors (Lipinski definition) is 4. The number of aliphatic hydroxyl groups is 1. The molecule has 5 heteroatoms. The first-order chi connectivity index (χ1) is 7.59. The maximum atomic E-state index is 9.48. The second kappa shape index (κ2) is 4.02. The molecule has 0 saturated carbocycles. The van der Waals surface area contributed by atoms with E-state index in [1.807, 2.05) is 24.7 Å². The third kappa shape index (κ3) is 1.81. The van der Waals surface area contributed by atoms with Gasteiger partial charge in [-0.25, -0.2) is 15.0 Å². The summed E-state index contributed by atoms with van der Waals surface area (Å²) in [5.41, 5.74) is 1.53. The third-order valence-electron chi connectivity index (χ3n) is 2.49. The van der Waals surface area contributed by atoms with Gasteiger partial charge in [0, 0.05) is 36.9 Å². The lowest BCUT2D eigenvalue weighted by Crippen LogP contribution is -2.03. The lowest BCUT2D eigenvalue weighted by molar-refractivity contribution is 0.197. The second-order valence-corrected chi connectivity index (χ2v) is 3.77. The molecule has 2 aromatic heterocycles. The quantitative estimate of drug-likeness (QED) is 0.823. The Hall–Kier alpha value is -1.75. The van der Waals surface area contributed by atoms with Gasteiger partial charge in [0.25, 0.3) is 0 Å². The van der Waals surface area contributed by atoms with Crippen molar-refractivity contribution in [3.63, 3.8) is 0 Å². The fraction of sp³-hybridized carbons (Fsp3) is 0.364. The van der Waals surface area contributed by atoms with Crippen molar-refractivity contribution in [3.05, 3.63) is 29.8 Å². The molecule has 0 aliphatic rings. The summed E-state index contributed by atoms with van der Waals surface area (Å²) in [6, 6.07) is 0. The Bertz CT molecular complexity index is 504. The smallest absolute Gasteiger partial charge is 0.196 e. The highest BCUT2D eigenvalue weighted by Crippen LogP contribution is 2.17. The van der Waals surface area contributed by atoms with Crippen LogP contribution in [0.5, 0.6) is 0 Å². The van der Waals surface area contributed by atoms with Crippen molar-refractivity contribution < 1.29 is 5.11 Å². The summed E-state index contributed by atoms with van der Waals surface area (Å²) in [7, 11) is 1.89. The predicted molar refractivity (Wildman–Crippen MR) is 59.6 cm³/mol.